The van der Waals surface area contributed by atoms with E-state index >= 15 is 0 Å². The molecule has 0 amide bonds. The second kappa shape index (κ2) is 3.98. The summed E-state index contributed by atoms with van der Waals surface area (Å²) >= 11 is 1.54. The third-order valence-corrected chi connectivity index (χ3v) is 6.50. The van der Waals surface area contributed by atoms with Crippen molar-refractivity contribution in [3.63, 3.8) is 0 Å². The predicted molar refractivity (Wildman–Crippen MR) is 78.6 cm³/mol. The second-order valence-corrected chi connectivity index (χ2v) is 7.38. The van der Waals surface area contributed by atoms with Gasteiger partial charge in [-0.15, -0.1) is 11.3 Å². The molecule has 3 fully saturated rings. The van der Waals surface area contributed by atoms with Gasteiger partial charge in [-0.3, -0.25) is 4.79 Å². The van der Waals surface area contributed by atoms with Crippen LogP contribution in [0.25, 0.3) is 0 Å². The Labute approximate surface area is 117 Å². The fraction of sp³-hybridized carbons (Fsp3) is 0.667. The van der Waals surface area contributed by atoms with Crippen LogP contribution in [0.2, 0.25) is 0 Å². The Hall–Kier alpha value is -1.03. The van der Waals surface area contributed by atoms with E-state index in [2.05, 4.69) is 5.32 Å². The van der Waals surface area contributed by atoms with Gasteiger partial charge in [-0.1, -0.05) is 6.92 Å². The van der Waals surface area contributed by atoms with Gasteiger partial charge in [0, 0.05) is 12.5 Å². The van der Waals surface area contributed by atoms with Crippen molar-refractivity contribution < 1.29 is 4.79 Å². The van der Waals surface area contributed by atoms with Crippen molar-refractivity contribution in [3.8, 4) is 0 Å². The topological polar surface area (TPSA) is 55.1 Å². The number of carbonyl (C=O) groups excluding carboxylic acids is 1. The summed E-state index contributed by atoms with van der Waals surface area (Å²) < 4.78 is 0. The van der Waals surface area contributed by atoms with Crippen LogP contribution < -0.4 is 11.1 Å². The van der Waals surface area contributed by atoms with Gasteiger partial charge < -0.3 is 11.1 Å². The number of carbonyl (C=O) groups is 1. The second-order valence-electron chi connectivity index (χ2n) is 6.33. The molecule has 4 rings (SSSR count). The van der Waals surface area contributed by atoms with Gasteiger partial charge in [0.15, 0.2) is 5.78 Å². The van der Waals surface area contributed by atoms with Crippen molar-refractivity contribution in [1.82, 2.24) is 0 Å². The monoisotopic (exact) mass is 276 g/mol. The van der Waals surface area contributed by atoms with Crippen LogP contribution >= 0.6 is 11.3 Å². The van der Waals surface area contributed by atoms with E-state index in [9.17, 15) is 4.79 Å². The number of rotatable bonds is 4. The maximum Gasteiger partial charge on any atom is 0.174 e. The van der Waals surface area contributed by atoms with E-state index in [0.717, 1.165) is 33.5 Å². The third kappa shape index (κ3) is 1.65. The SMILES string of the molecule is CCC(=O)c1sc(NC2C3C4CCC(C4)C23)cc1N. The van der Waals surface area contributed by atoms with Crippen molar-refractivity contribution in [1.29, 1.82) is 0 Å². The molecule has 4 atom stereocenters. The quantitative estimate of drug-likeness (QED) is 0.829. The molecule has 3 aliphatic rings. The van der Waals surface area contributed by atoms with E-state index in [4.69, 9.17) is 5.73 Å². The summed E-state index contributed by atoms with van der Waals surface area (Å²) in [5, 5.41) is 4.74. The average Bonchev–Trinajstić information content (AvgIpc) is 2.78. The van der Waals surface area contributed by atoms with Gasteiger partial charge in [-0.2, -0.15) is 0 Å². The van der Waals surface area contributed by atoms with E-state index in [0.29, 0.717) is 18.2 Å². The Kier molecular flexibility index (Phi) is 2.47. The molecule has 102 valence electrons. The molecule has 4 heteroatoms. The highest BCUT2D eigenvalue weighted by molar-refractivity contribution is 7.18. The van der Waals surface area contributed by atoms with Crippen LogP contribution in [0.1, 0.15) is 42.3 Å². The van der Waals surface area contributed by atoms with Gasteiger partial charge in [-0.25, -0.2) is 0 Å². The zero-order valence-electron chi connectivity index (χ0n) is 11.2. The molecular weight excluding hydrogens is 256 g/mol. The fourth-order valence-electron chi connectivity index (χ4n) is 4.54. The summed E-state index contributed by atoms with van der Waals surface area (Å²) in [6.45, 7) is 1.89. The van der Waals surface area contributed by atoms with E-state index in [-0.39, 0.29) is 5.78 Å². The maximum atomic E-state index is 11.8. The van der Waals surface area contributed by atoms with Crippen LogP contribution in [-0.2, 0) is 0 Å². The van der Waals surface area contributed by atoms with Crippen LogP contribution in [0.15, 0.2) is 6.07 Å². The number of thiophene rings is 1. The molecule has 3 nitrogen and oxygen atoms in total. The Balaban J connectivity index is 1.49. The summed E-state index contributed by atoms with van der Waals surface area (Å²) in [5.74, 6) is 3.93. The lowest BCUT2D eigenvalue weighted by molar-refractivity contribution is 0.0993. The first-order valence-corrected chi connectivity index (χ1v) is 8.19. The van der Waals surface area contributed by atoms with E-state index in [1.54, 1.807) is 0 Å². The molecule has 3 N–H and O–H groups in total. The number of nitrogens with one attached hydrogen (secondary N) is 1. The van der Waals surface area contributed by atoms with Crippen LogP contribution in [0.5, 0.6) is 0 Å². The first-order valence-electron chi connectivity index (χ1n) is 7.38. The molecule has 1 aromatic rings. The highest BCUT2D eigenvalue weighted by Crippen LogP contribution is 2.66. The number of nitrogens with two attached hydrogens (primary N) is 1. The van der Waals surface area contributed by atoms with Crippen LogP contribution in [0.3, 0.4) is 0 Å². The molecular formula is C15H20N2OS. The summed E-state index contributed by atoms with van der Waals surface area (Å²) in [7, 11) is 0. The summed E-state index contributed by atoms with van der Waals surface area (Å²) in [5.41, 5.74) is 6.59. The lowest BCUT2D eigenvalue weighted by Gasteiger charge is -2.09. The van der Waals surface area contributed by atoms with Crippen LogP contribution in [0.4, 0.5) is 10.7 Å². The van der Waals surface area contributed by atoms with Gasteiger partial charge in [0.2, 0.25) is 0 Å². The Morgan fingerprint density at radius 3 is 2.74 bits per heavy atom. The summed E-state index contributed by atoms with van der Waals surface area (Å²) in [6.07, 6.45) is 4.88. The fourth-order valence-corrected chi connectivity index (χ4v) is 5.57. The Bertz CT molecular complexity index is 522. The highest BCUT2D eigenvalue weighted by atomic mass is 32.1. The van der Waals surface area contributed by atoms with E-state index in [1.807, 2.05) is 13.0 Å². The molecule has 2 bridgehead atoms. The predicted octanol–water partition coefficient (Wildman–Crippen LogP) is 3.38. The van der Waals surface area contributed by atoms with E-state index < -0.39 is 0 Å². The van der Waals surface area contributed by atoms with Gasteiger partial charge in [0.25, 0.3) is 0 Å². The maximum absolute atomic E-state index is 11.8. The number of Topliss-reactive ketones (excluding diaryl/α,β-unsaturated/α-hetero) is 1. The zero-order valence-corrected chi connectivity index (χ0v) is 12.0. The molecule has 1 heterocycles. The number of hydrogen-bond donors (Lipinski definition) is 2. The van der Waals surface area contributed by atoms with Crippen molar-refractivity contribution in [2.45, 2.75) is 38.6 Å². The van der Waals surface area contributed by atoms with Crippen molar-refractivity contribution in [2.24, 2.45) is 23.7 Å². The smallest absolute Gasteiger partial charge is 0.174 e. The number of nitrogen functional groups attached to an aromatic ring is 1. The number of hydrogen-bond acceptors (Lipinski definition) is 4. The lowest BCUT2D eigenvalue weighted by Crippen LogP contribution is -2.11. The lowest BCUT2D eigenvalue weighted by atomic mass is 10.0. The molecule has 1 aromatic heterocycles. The van der Waals surface area contributed by atoms with Gasteiger partial charge in [-0.05, 0) is 49.0 Å². The summed E-state index contributed by atoms with van der Waals surface area (Å²) in [6, 6.07) is 2.61. The normalized spacial score (nSPS) is 38.3. The average molecular weight is 276 g/mol. The Morgan fingerprint density at radius 1 is 1.42 bits per heavy atom. The molecule has 0 saturated heterocycles. The standard InChI is InChI=1S/C15H20N2OS/c1-2-10(18)15-9(16)6-11(19-15)17-14-12-7-3-4-8(5-7)13(12)14/h6-8,12-14,17H,2-5,16H2,1H3. The minimum absolute atomic E-state index is 0.159. The minimum Gasteiger partial charge on any atom is -0.397 e. The van der Waals surface area contributed by atoms with Gasteiger partial charge >= 0.3 is 0 Å². The van der Waals surface area contributed by atoms with Crippen molar-refractivity contribution in [3.05, 3.63) is 10.9 Å². The minimum atomic E-state index is 0.159. The van der Waals surface area contributed by atoms with Gasteiger partial charge in [0.05, 0.1) is 15.6 Å². The number of fused-ring (bicyclic) bond motifs is 5. The highest BCUT2D eigenvalue weighted by Gasteiger charge is 2.65. The van der Waals surface area contributed by atoms with Crippen molar-refractivity contribution >= 4 is 27.8 Å². The molecule has 19 heavy (non-hydrogen) atoms. The van der Waals surface area contributed by atoms with Crippen LogP contribution in [-0.4, -0.2) is 11.8 Å². The Morgan fingerprint density at radius 2 is 2.11 bits per heavy atom. The molecule has 3 saturated carbocycles. The molecule has 0 aromatic carbocycles. The third-order valence-electron chi connectivity index (χ3n) is 5.38. The van der Waals surface area contributed by atoms with Crippen LogP contribution in [0, 0.1) is 23.7 Å². The van der Waals surface area contributed by atoms with Crippen molar-refractivity contribution in [2.75, 3.05) is 11.1 Å². The number of ketones is 1. The largest absolute Gasteiger partial charge is 0.397 e. The molecule has 0 aliphatic heterocycles. The first-order chi connectivity index (χ1) is 9.19. The number of anilines is 2. The molecule has 4 unspecified atom stereocenters. The molecule has 3 aliphatic carbocycles. The summed E-state index contributed by atoms with van der Waals surface area (Å²) in [4.78, 5) is 12.5. The first kappa shape index (κ1) is 11.8. The zero-order chi connectivity index (χ0) is 13.1. The molecule has 0 radical (unpaired) electrons. The molecule has 0 spiro atoms. The van der Waals surface area contributed by atoms with Gasteiger partial charge in [0.1, 0.15) is 0 Å². The van der Waals surface area contributed by atoms with E-state index in [1.165, 1.54) is 30.6 Å².